The number of esters is 2. The van der Waals surface area contributed by atoms with E-state index in [1.165, 1.54) is 5.57 Å². The number of cyclic esters (lactones) is 2. The number of fused-ring (bicyclic) bond motifs is 2. The Balaban J connectivity index is 1.17. The van der Waals surface area contributed by atoms with Crippen LogP contribution in [0.15, 0.2) is 47.6 Å². The third-order valence-corrected chi connectivity index (χ3v) is 16.8. The first-order valence-corrected chi connectivity index (χ1v) is 21.9. The molecule has 4 saturated carbocycles. The largest absolute Gasteiger partial charge is 0.459 e. The summed E-state index contributed by atoms with van der Waals surface area (Å²) < 4.78 is 30.0. The molecule has 7 rings (SSSR count). The summed E-state index contributed by atoms with van der Waals surface area (Å²) in [6, 6.07) is 0. The number of allylic oxidation sites excluding steroid dienone is 3. The lowest BCUT2D eigenvalue weighted by Crippen LogP contribution is -2.63. The Labute approximate surface area is 348 Å². The first-order chi connectivity index (χ1) is 27.9. The molecule has 16 unspecified atom stereocenters. The van der Waals surface area contributed by atoms with Gasteiger partial charge in [-0.3, -0.25) is 0 Å². The van der Waals surface area contributed by atoms with Crippen LogP contribution in [0.2, 0.25) is 0 Å². The van der Waals surface area contributed by atoms with Crippen molar-refractivity contribution >= 4 is 11.9 Å². The zero-order valence-corrected chi connectivity index (χ0v) is 35.4. The number of aliphatic hydroxyl groups is 6. The summed E-state index contributed by atoms with van der Waals surface area (Å²) in [6.45, 7) is 17.6. The molecule has 0 radical (unpaired) electrons. The Morgan fingerprint density at radius 3 is 2.03 bits per heavy atom. The molecule has 13 heteroatoms. The van der Waals surface area contributed by atoms with Crippen LogP contribution < -0.4 is 0 Å². The minimum Gasteiger partial charge on any atom is -0.459 e. The minimum atomic E-state index is -1.59. The molecule has 2 saturated heterocycles. The Morgan fingerprint density at radius 2 is 1.44 bits per heavy atom. The highest BCUT2D eigenvalue weighted by Gasteiger charge is 2.63. The quantitative estimate of drug-likeness (QED) is 0.0943. The SMILES string of the molecule is C=C1CCC2C(C)(CO)C(OC3CCC4(C)C(CC=C5C(=O)OCC5O)C(=C)CCC4C3(C)COC3OC(CO)C(O)C(O)C3O)CCC2(C)C1CCC1=CCOC1=O. The van der Waals surface area contributed by atoms with E-state index in [1.54, 1.807) is 0 Å². The van der Waals surface area contributed by atoms with Gasteiger partial charge in [-0.2, -0.15) is 0 Å². The van der Waals surface area contributed by atoms with Gasteiger partial charge < -0.3 is 54.3 Å². The Morgan fingerprint density at radius 1 is 0.814 bits per heavy atom. The predicted octanol–water partition coefficient (Wildman–Crippen LogP) is 3.82. The van der Waals surface area contributed by atoms with E-state index in [0.717, 1.165) is 56.1 Å². The molecule has 6 N–H and O–H groups in total. The van der Waals surface area contributed by atoms with Gasteiger partial charge in [-0.1, -0.05) is 58.1 Å². The van der Waals surface area contributed by atoms with Gasteiger partial charge in [0.05, 0.1) is 37.6 Å². The maximum absolute atomic E-state index is 12.5. The number of carbonyl (C=O) groups is 2. The van der Waals surface area contributed by atoms with Gasteiger partial charge in [-0.05, 0) is 111 Å². The summed E-state index contributed by atoms with van der Waals surface area (Å²) in [5, 5.41) is 64.0. The summed E-state index contributed by atoms with van der Waals surface area (Å²) in [4.78, 5) is 24.8. The molecule has 0 aromatic heterocycles. The number of rotatable bonds is 12. The lowest BCUT2D eigenvalue weighted by Gasteiger charge is -2.64. The van der Waals surface area contributed by atoms with E-state index in [2.05, 4.69) is 40.9 Å². The topological polar surface area (TPSA) is 202 Å². The molecule has 59 heavy (non-hydrogen) atoms. The summed E-state index contributed by atoms with van der Waals surface area (Å²) in [7, 11) is 0. The number of ether oxygens (including phenoxy) is 5. The summed E-state index contributed by atoms with van der Waals surface area (Å²) in [5.74, 6) is -0.497. The van der Waals surface area contributed by atoms with E-state index < -0.39 is 60.2 Å². The number of hydrogen-bond acceptors (Lipinski definition) is 13. The van der Waals surface area contributed by atoms with Crippen molar-refractivity contribution < 1.29 is 63.9 Å². The fourth-order valence-electron chi connectivity index (χ4n) is 13.3. The Bertz CT molecular complexity index is 1690. The van der Waals surface area contributed by atoms with E-state index in [-0.39, 0.29) is 78.1 Å². The average Bonchev–Trinajstić information content (AvgIpc) is 3.77. The first kappa shape index (κ1) is 44.6. The van der Waals surface area contributed by atoms with Crippen LogP contribution >= 0.6 is 0 Å². The summed E-state index contributed by atoms with van der Waals surface area (Å²) in [5.41, 5.74) is 1.47. The zero-order valence-electron chi connectivity index (χ0n) is 35.4. The van der Waals surface area contributed by atoms with Crippen molar-refractivity contribution in [2.45, 2.75) is 147 Å². The molecule has 7 aliphatic rings. The molecular formula is C46H68O13. The molecule has 16 atom stereocenters. The fourth-order valence-corrected chi connectivity index (χ4v) is 13.3. The molecule has 0 aromatic carbocycles. The number of carbonyl (C=O) groups excluding carboxylic acids is 2. The lowest BCUT2D eigenvalue weighted by atomic mass is 9.45. The van der Waals surface area contributed by atoms with Crippen LogP contribution in [0.3, 0.4) is 0 Å². The molecule has 13 nitrogen and oxygen atoms in total. The second kappa shape index (κ2) is 17.0. The normalized spacial score (nSPS) is 47.1. The lowest BCUT2D eigenvalue weighted by molar-refractivity contribution is -0.317. The smallest absolute Gasteiger partial charge is 0.336 e. The van der Waals surface area contributed by atoms with Crippen LogP contribution in [0.5, 0.6) is 0 Å². The van der Waals surface area contributed by atoms with Crippen molar-refractivity contribution in [2.75, 3.05) is 33.0 Å². The van der Waals surface area contributed by atoms with Crippen molar-refractivity contribution in [3.8, 4) is 0 Å². The van der Waals surface area contributed by atoms with Crippen LogP contribution in [-0.2, 0) is 33.3 Å². The average molecular weight is 829 g/mol. The van der Waals surface area contributed by atoms with Crippen molar-refractivity contribution in [3.05, 3.63) is 47.6 Å². The Kier molecular flexibility index (Phi) is 12.9. The minimum absolute atomic E-state index is 0.0128. The molecule has 0 aromatic rings. The van der Waals surface area contributed by atoms with Gasteiger partial charge in [0, 0.05) is 16.4 Å². The molecular weight excluding hydrogens is 760 g/mol. The van der Waals surface area contributed by atoms with Crippen molar-refractivity contribution in [1.29, 1.82) is 0 Å². The maximum Gasteiger partial charge on any atom is 0.336 e. The van der Waals surface area contributed by atoms with E-state index in [1.807, 2.05) is 12.2 Å². The van der Waals surface area contributed by atoms with Gasteiger partial charge >= 0.3 is 11.9 Å². The molecule has 4 aliphatic carbocycles. The van der Waals surface area contributed by atoms with Gasteiger partial charge in [0.2, 0.25) is 0 Å². The standard InChI is InChI=1S/C46H68O13/c1-25-7-13-33-43(3,29(25)11-9-27-17-20-55-40(27)53)18-15-35(45(33,5)23-48)59-36-16-19-44(4)30(12-10-28-31(49)22-56-41(28)54)26(2)8-14-34(44)46(36,6)24-57-42-39(52)38(51)37(50)32(21-47)58-42/h10,17,29-39,42,47-52H,1-2,7-9,11-16,18-24H2,3-6H3. The molecule has 0 amide bonds. The predicted molar refractivity (Wildman–Crippen MR) is 215 cm³/mol. The van der Waals surface area contributed by atoms with Gasteiger partial charge in [0.15, 0.2) is 6.29 Å². The van der Waals surface area contributed by atoms with Gasteiger partial charge in [-0.25, -0.2) is 9.59 Å². The highest BCUT2D eigenvalue weighted by atomic mass is 16.7. The van der Waals surface area contributed by atoms with Crippen LogP contribution in [0.1, 0.15) is 98.3 Å². The molecule has 6 fully saturated rings. The third kappa shape index (κ3) is 7.73. The molecule has 3 aliphatic heterocycles. The van der Waals surface area contributed by atoms with Crippen LogP contribution in [0, 0.1) is 45.3 Å². The molecule has 330 valence electrons. The van der Waals surface area contributed by atoms with Crippen LogP contribution in [-0.4, -0.2) is 125 Å². The number of hydrogen-bond donors (Lipinski definition) is 6. The van der Waals surface area contributed by atoms with Gasteiger partial charge in [-0.15, -0.1) is 0 Å². The molecule has 0 bridgehead atoms. The molecule has 0 spiro atoms. The zero-order chi connectivity index (χ0) is 42.7. The molecule has 3 heterocycles. The van der Waals surface area contributed by atoms with Crippen molar-refractivity contribution in [1.82, 2.24) is 0 Å². The third-order valence-electron chi connectivity index (χ3n) is 16.8. The van der Waals surface area contributed by atoms with Crippen LogP contribution in [0.4, 0.5) is 0 Å². The first-order valence-electron chi connectivity index (χ1n) is 21.9. The van der Waals surface area contributed by atoms with Gasteiger partial charge in [0.1, 0.15) is 43.7 Å². The maximum atomic E-state index is 12.5. The van der Waals surface area contributed by atoms with Crippen LogP contribution in [0.25, 0.3) is 0 Å². The number of aliphatic hydroxyl groups excluding tert-OH is 6. The van der Waals surface area contributed by atoms with E-state index in [4.69, 9.17) is 23.7 Å². The highest BCUT2D eigenvalue weighted by molar-refractivity contribution is 5.91. The summed E-state index contributed by atoms with van der Waals surface area (Å²) in [6.07, 6.45) is 3.10. The van der Waals surface area contributed by atoms with Crippen molar-refractivity contribution in [3.63, 3.8) is 0 Å². The van der Waals surface area contributed by atoms with E-state index >= 15 is 0 Å². The van der Waals surface area contributed by atoms with E-state index in [9.17, 15) is 40.2 Å². The van der Waals surface area contributed by atoms with Crippen molar-refractivity contribution in [2.24, 2.45) is 45.3 Å². The van der Waals surface area contributed by atoms with Gasteiger partial charge in [0.25, 0.3) is 0 Å². The summed E-state index contributed by atoms with van der Waals surface area (Å²) >= 11 is 0. The fraction of sp³-hybridized carbons (Fsp3) is 0.783. The second-order valence-corrected chi connectivity index (χ2v) is 19.9. The Hall–Kier alpha value is -2.46. The highest BCUT2D eigenvalue weighted by Crippen LogP contribution is 2.66. The second-order valence-electron chi connectivity index (χ2n) is 19.9. The monoisotopic (exact) mass is 828 g/mol. The van der Waals surface area contributed by atoms with E-state index in [0.29, 0.717) is 32.3 Å².